The van der Waals surface area contributed by atoms with Gasteiger partial charge in [-0.05, 0) is 28.7 Å². The summed E-state index contributed by atoms with van der Waals surface area (Å²) in [5.41, 5.74) is 1.95. The normalized spacial score (nSPS) is 11.5. The van der Waals surface area contributed by atoms with Crippen LogP contribution in [0.25, 0.3) is 0 Å². The Hall–Kier alpha value is -0.830. The second-order valence-corrected chi connectivity index (χ2v) is 5.54. The van der Waals surface area contributed by atoms with E-state index in [1.807, 2.05) is 18.2 Å². The van der Waals surface area contributed by atoms with E-state index < -0.39 is 5.97 Å². The van der Waals surface area contributed by atoms with Crippen LogP contribution in [0.4, 0.5) is 0 Å². The molecular weight excluding hydrogens is 256 g/mol. The van der Waals surface area contributed by atoms with Gasteiger partial charge in [0, 0.05) is 4.47 Å². The van der Waals surface area contributed by atoms with E-state index in [1.165, 1.54) is 0 Å². The van der Waals surface area contributed by atoms with Crippen molar-refractivity contribution >= 4 is 21.9 Å². The fraction of sp³-hybridized carbons (Fsp3) is 0.417. The molecule has 1 aromatic carbocycles. The number of carboxylic acid groups (broad SMARTS) is 1. The second kappa shape index (κ2) is 4.35. The lowest BCUT2D eigenvalue weighted by atomic mass is 9.83. The molecule has 0 aliphatic heterocycles. The van der Waals surface area contributed by atoms with E-state index in [2.05, 4.69) is 36.7 Å². The molecule has 15 heavy (non-hydrogen) atoms. The molecule has 1 rings (SSSR count). The van der Waals surface area contributed by atoms with E-state index in [9.17, 15) is 4.79 Å². The lowest BCUT2D eigenvalue weighted by molar-refractivity contribution is -0.136. The van der Waals surface area contributed by atoms with Crippen molar-refractivity contribution in [2.75, 3.05) is 0 Å². The van der Waals surface area contributed by atoms with Gasteiger partial charge < -0.3 is 5.11 Å². The fourth-order valence-electron chi connectivity index (χ4n) is 1.60. The third-order valence-corrected chi connectivity index (χ3v) is 2.71. The molecular formula is C12H15BrO2. The summed E-state index contributed by atoms with van der Waals surface area (Å²) < 4.78 is 0.923. The Morgan fingerprint density at radius 3 is 2.47 bits per heavy atom. The van der Waals surface area contributed by atoms with E-state index >= 15 is 0 Å². The van der Waals surface area contributed by atoms with Gasteiger partial charge in [-0.25, -0.2) is 0 Å². The summed E-state index contributed by atoms with van der Waals surface area (Å²) in [6.45, 7) is 6.25. The zero-order chi connectivity index (χ0) is 11.6. The van der Waals surface area contributed by atoms with Gasteiger partial charge in [-0.2, -0.15) is 0 Å². The molecule has 0 spiro atoms. The molecule has 0 amide bonds. The molecule has 82 valence electrons. The maximum atomic E-state index is 10.7. The number of halogens is 1. The van der Waals surface area contributed by atoms with Gasteiger partial charge in [-0.1, -0.05) is 42.8 Å². The molecule has 0 fully saturated rings. The molecule has 0 radical (unpaired) electrons. The van der Waals surface area contributed by atoms with Gasteiger partial charge in [0.15, 0.2) is 0 Å². The molecule has 0 heterocycles. The number of benzene rings is 1. The molecule has 0 aliphatic rings. The van der Waals surface area contributed by atoms with E-state index in [-0.39, 0.29) is 11.8 Å². The minimum atomic E-state index is -0.793. The SMILES string of the molecule is CC(C)(C)c1ccc(Br)cc1CC(=O)O. The molecule has 0 aromatic heterocycles. The highest BCUT2D eigenvalue weighted by molar-refractivity contribution is 9.10. The molecule has 1 aromatic rings. The van der Waals surface area contributed by atoms with Crippen LogP contribution in [0.3, 0.4) is 0 Å². The lowest BCUT2D eigenvalue weighted by Gasteiger charge is -2.22. The summed E-state index contributed by atoms with van der Waals surface area (Å²) in [5.74, 6) is -0.793. The Morgan fingerprint density at radius 1 is 1.40 bits per heavy atom. The Balaban J connectivity index is 3.20. The van der Waals surface area contributed by atoms with Crippen LogP contribution in [-0.4, -0.2) is 11.1 Å². The quantitative estimate of drug-likeness (QED) is 0.895. The Morgan fingerprint density at radius 2 is 2.00 bits per heavy atom. The van der Waals surface area contributed by atoms with Crippen molar-refractivity contribution < 1.29 is 9.90 Å². The van der Waals surface area contributed by atoms with Crippen molar-refractivity contribution in [2.24, 2.45) is 0 Å². The van der Waals surface area contributed by atoms with Crippen molar-refractivity contribution in [2.45, 2.75) is 32.6 Å². The number of hydrogen-bond donors (Lipinski definition) is 1. The highest BCUT2D eigenvalue weighted by atomic mass is 79.9. The molecule has 0 atom stereocenters. The summed E-state index contributed by atoms with van der Waals surface area (Å²) in [6.07, 6.45) is 0.0754. The zero-order valence-corrected chi connectivity index (χ0v) is 10.8. The third kappa shape index (κ3) is 3.34. The monoisotopic (exact) mass is 270 g/mol. The van der Waals surface area contributed by atoms with Crippen LogP contribution < -0.4 is 0 Å². The minimum absolute atomic E-state index is 0.0223. The van der Waals surface area contributed by atoms with Crippen molar-refractivity contribution in [3.63, 3.8) is 0 Å². The lowest BCUT2D eigenvalue weighted by Crippen LogP contribution is -2.16. The van der Waals surface area contributed by atoms with Crippen LogP contribution in [0.1, 0.15) is 31.9 Å². The van der Waals surface area contributed by atoms with Gasteiger partial charge >= 0.3 is 5.97 Å². The van der Waals surface area contributed by atoms with Crippen LogP contribution >= 0.6 is 15.9 Å². The summed E-state index contributed by atoms with van der Waals surface area (Å²) >= 11 is 3.36. The zero-order valence-electron chi connectivity index (χ0n) is 9.17. The first-order chi connectivity index (χ1) is 6.80. The number of hydrogen-bond acceptors (Lipinski definition) is 1. The smallest absolute Gasteiger partial charge is 0.307 e. The van der Waals surface area contributed by atoms with Crippen molar-refractivity contribution in [3.05, 3.63) is 33.8 Å². The van der Waals surface area contributed by atoms with Gasteiger partial charge in [0.05, 0.1) is 6.42 Å². The summed E-state index contributed by atoms with van der Waals surface area (Å²) in [6, 6.07) is 5.82. The first-order valence-corrected chi connectivity index (χ1v) is 5.60. The average molecular weight is 271 g/mol. The summed E-state index contributed by atoms with van der Waals surface area (Å²) in [4.78, 5) is 10.7. The van der Waals surface area contributed by atoms with E-state index in [4.69, 9.17) is 5.11 Å². The van der Waals surface area contributed by atoms with E-state index in [1.54, 1.807) is 0 Å². The molecule has 0 unspecified atom stereocenters. The summed E-state index contributed by atoms with van der Waals surface area (Å²) in [7, 11) is 0. The minimum Gasteiger partial charge on any atom is -0.481 e. The first-order valence-electron chi connectivity index (χ1n) is 4.81. The highest BCUT2D eigenvalue weighted by Crippen LogP contribution is 2.28. The van der Waals surface area contributed by atoms with E-state index in [0.717, 1.165) is 15.6 Å². The average Bonchev–Trinajstić information content (AvgIpc) is 1.99. The first kappa shape index (κ1) is 12.2. The Labute approximate surface area is 98.4 Å². The van der Waals surface area contributed by atoms with Crippen molar-refractivity contribution in [1.29, 1.82) is 0 Å². The Bertz CT molecular complexity index is 378. The molecule has 1 N–H and O–H groups in total. The number of aliphatic carboxylic acids is 1. The van der Waals surface area contributed by atoms with Crippen LogP contribution in [0.5, 0.6) is 0 Å². The highest BCUT2D eigenvalue weighted by Gasteiger charge is 2.19. The van der Waals surface area contributed by atoms with Crippen LogP contribution in [0.15, 0.2) is 22.7 Å². The number of carbonyl (C=O) groups is 1. The fourth-order valence-corrected chi connectivity index (χ4v) is 2.01. The molecule has 2 nitrogen and oxygen atoms in total. The number of rotatable bonds is 2. The van der Waals surface area contributed by atoms with Gasteiger partial charge in [0.2, 0.25) is 0 Å². The molecule has 0 saturated heterocycles. The van der Waals surface area contributed by atoms with Crippen molar-refractivity contribution in [1.82, 2.24) is 0 Å². The maximum Gasteiger partial charge on any atom is 0.307 e. The van der Waals surface area contributed by atoms with Crippen molar-refractivity contribution in [3.8, 4) is 0 Å². The topological polar surface area (TPSA) is 37.3 Å². The largest absolute Gasteiger partial charge is 0.481 e. The predicted octanol–water partition coefficient (Wildman–Crippen LogP) is 3.37. The van der Waals surface area contributed by atoms with Gasteiger partial charge in [0.25, 0.3) is 0 Å². The molecule has 0 saturated carbocycles. The van der Waals surface area contributed by atoms with Gasteiger partial charge in [-0.3, -0.25) is 4.79 Å². The molecule has 0 bridgehead atoms. The Kier molecular flexibility index (Phi) is 3.55. The maximum absolute atomic E-state index is 10.7. The number of carboxylic acids is 1. The molecule has 3 heteroatoms. The second-order valence-electron chi connectivity index (χ2n) is 4.62. The van der Waals surface area contributed by atoms with Gasteiger partial charge in [0.1, 0.15) is 0 Å². The van der Waals surface area contributed by atoms with Crippen LogP contribution in [0.2, 0.25) is 0 Å². The third-order valence-electron chi connectivity index (χ3n) is 2.22. The predicted molar refractivity (Wildman–Crippen MR) is 64.2 cm³/mol. The standard InChI is InChI=1S/C12H15BrO2/c1-12(2,3)10-5-4-9(13)6-8(10)7-11(14)15/h4-6H,7H2,1-3H3,(H,14,15). The molecule has 0 aliphatic carbocycles. The summed E-state index contributed by atoms with van der Waals surface area (Å²) in [5, 5.41) is 8.83. The van der Waals surface area contributed by atoms with Gasteiger partial charge in [-0.15, -0.1) is 0 Å². The van der Waals surface area contributed by atoms with E-state index in [0.29, 0.717) is 0 Å². The van der Waals surface area contributed by atoms with Crippen LogP contribution in [0, 0.1) is 0 Å². The van der Waals surface area contributed by atoms with Crippen LogP contribution in [-0.2, 0) is 16.6 Å².